The Kier molecular flexibility index (Phi) is 7.48. The van der Waals surface area contributed by atoms with Gasteiger partial charge in [-0.3, -0.25) is 4.79 Å². The quantitative estimate of drug-likeness (QED) is 0.877. The number of aromatic nitrogens is 1. The highest BCUT2D eigenvalue weighted by Crippen LogP contribution is 2.23. The standard InChI is InChI=1S/C16H19N3OS.2ClH/c1-11-9-17-6-7-19(11)16(20)14-5-3-4-13(8-14)15-10-21-12(2)18-15;;/h3-5,8,10-11,17H,6-7,9H2,1-2H3;2*1H. The number of benzene rings is 1. The summed E-state index contributed by atoms with van der Waals surface area (Å²) in [6, 6.07) is 8.01. The fraction of sp³-hybridized carbons (Fsp3) is 0.375. The first-order chi connectivity index (χ1) is 10.1. The third kappa shape index (κ3) is 4.44. The minimum atomic E-state index is 0. The normalized spacial score (nSPS) is 17.1. The summed E-state index contributed by atoms with van der Waals surface area (Å²) < 4.78 is 0. The first-order valence-electron chi connectivity index (χ1n) is 7.19. The zero-order valence-corrected chi connectivity index (χ0v) is 15.6. The zero-order valence-electron chi connectivity index (χ0n) is 13.1. The average Bonchev–Trinajstić information content (AvgIpc) is 2.94. The topological polar surface area (TPSA) is 45.2 Å². The molecule has 1 aliphatic heterocycles. The second-order valence-electron chi connectivity index (χ2n) is 5.38. The molecule has 1 unspecified atom stereocenters. The van der Waals surface area contributed by atoms with Crippen molar-refractivity contribution in [2.75, 3.05) is 19.6 Å². The SMILES string of the molecule is Cc1nc(-c2cccc(C(=O)N3CCNCC3C)c2)cs1.Cl.Cl. The molecule has 1 amide bonds. The Morgan fingerprint density at radius 3 is 2.83 bits per heavy atom. The van der Waals surface area contributed by atoms with E-state index in [-0.39, 0.29) is 36.8 Å². The molecule has 2 aromatic rings. The van der Waals surface area contributed by atoms with Crippen molar-refractivity contribution in [3.63, 3.8) is 0 Å². The van der Waals surface area contributed by atoms with Gasteiger partial charge in [-0.25, -0.2) is 4.98 Å². The van der Waals surface area contributed by atoms with Crippen LogP contribution in [0.4, 0.5) is 0 Å². The Bertz CT molecular complexity index is 662. The fourth-order valence-corrected chi connectivity index (χ4v) is 3.24. The van der Waals surface area contributed by atoms with Crippen LogP contribution < -0.4 is 5.32 Å². The van der Waals surface area contributed by atoms with E-state index in [1.807, 2.05) is 41.5 Å². The highest BCUT2D eigenvalue weighted by atomic mass is 35.5. The van der Waals surface area contributed by atoms with E-state index in [1.54, 1.807) is 11.3 Å². The second kappa shape index (κ2) is 8.64. The first kappa shape index (κ1) is 19.9. The number of hydrogen-bond acceptors (Lipinski definition) is 4. The molecule has 1 aromatic carbocycles. The molecule has 0 saturated carbocycles. The second-order valence-corrected chi connectivity index (χ2v) is 6.45. The molecule has 1 N–H and O–H groups in total. The highest BCUT2D eigenvalue weighted by molar-refractivity contribution is 7.09. The van der Waals surface area contributed by atoms with Gasteiger partial charge in [0.1, 0.15) is 0 Å². The summed E-state index contributed by atoms with van der Waals surface area (Å²) in [7, 11) is 0. The fourth-order valence-electron chi connectivity index (χ4n) is 2.62. The molecular weight excluding hydrogens is 353 g/mol. The smallest absolute Gasteiger partial charge is 0.254 e. The Morgan fingerprint density at radius 1 is 1.39 bits per heavy atom. The Hall–Kier alpha value is -1.14. The maximum absolute atomic E-state index is 12.7. The number of halogens is 2. The number of amides is 1. The maximum Gasteiger partial charge on any atom is 0.254 e. The molecule has 0 aliphatic carbocycles. The number of thiazole rings is 1. The molecule has 7 heteroatoms. The van der Waals surface area contributed by atoms with Crippen molar-refractivity contribution in [2.45, 2.75) is 19.9 Å². The molecule has 1 atom stereocenters. The van der Waals surface area contributed by atoms with Crippen LogP contribution in [0.5, 0.6) is 0 Å². The summed E-state index contributed by atoms with van der Waals surface area (Å²) in [6.07, 6.45) is 0. The van der Waals surface area contributed by atoms with Crippen LogP contribution in [-0.4, -0.2) is 41.5 Å². The van der Waals surface area contributed by atoms with Crippen LogP contribution in [-0.2, 0) is 0 Å². The van der Waals surface area contributed by atoms with Gasteiger partial charge in [-0.05, 0) is 26.0 Å². The van der Waals surface area contributed by atoms with Gasteiger partial charge in [-0.1, -0.05) is 12.1 Å². The van der Waals surface area contributed by atoms with Gasteiger partial charge in [0, 0.05) is 42.2 Å². The lowest BCUT2D eigenvalue weighted by Crippen LogP contribution is -2.52. The van der Waals surface area contributed by atoms with Gasteiger partial charge in [-0.2, -0.15) is 0 Å². The molecule has 1 fully saturated rings. The molecule has 1 saturated heterocycles. The van der Waals surface area contributed by atoms with Crippen molar-refractivity contribution in [3.8, 4) is 11.3 Å². The van der Waals surface area contributed by atoms with Gasteiger partial charge < -0.3 is 10.2 Å². The van der Waals surface area contributed by atoms with Crippen LogP contribution in [0.25, 0.3) is 11.3 Å². The lowest BCUT2D eigenvalue weighted by Gasteiger charge is -2.34. The average molecular weight is 374 g/mol. The van der Waals surface area contributed by atoms with Crippen molar-refractivity contribution in [1.82, 2.24) is 15.2 Å². The van der Waals surface area contributed by atoms with Gasteiger partial charge in [-0.15, -0.1) is 36.2 Å². The van der Waals surface area contributed by atoms with Crippen LogP contribution in [0.15, 0.2) is 29.6 Å². The summed E-state index contributed by atoms with van der Waals surface area (Å²) >= 11 is 1.63. The summed E-state index contributed by atoms with van der Waals surface area (Å²) in [6.45, 7) is 6.56. The monoisotopic (exact) mass is 373 g/mol. The number of aryl methyl sites for hydroxylation is 1. The molecule has 126 valence electrons. The molecule has 1 aromatic heterocycles. The van der Waals surface area contributed by atoms with E-state index in [1.165, 1.54) is 0 Å². The van der Waals surface area contributed by atoms with Crippen molar-refractivity contribution < 1.29 is 4.79 Å². The van der Waals surface area contributed by atoms with Crippen molar-refractivity contribution in [1.29, 1.82) is 0 Å². The third-order valence-electron chi connectivity index (χ3n) is 3.79. The molecule has 2 heterocycles. The number of nitrogens with one attached hydrogen (secondary N) is 1. The number of nitrogens with zero attached hydrogens (tertiary/aromatic N) is 2. The van der Waals surface area contributed by atoms with E-state index in [2.05, 4.69) is 17.2 Å². The Morgan fingerprint density at radius 2 is 2.17 bits per heavy atom. The van der Waals surface area contributed by atoms with Gasteiger partial charge in [0.25, 0.3) is 5.91 Å². The third-order valence-corrected chi connectivity index (χ3v) is 4.56. The summed E-state index contributed by atoms with van der Waals surface area (Å²) in [5.74, 6) is 0.109. The minimum Gasteiger partial charge on any atom is -0.333 e. The summed E-state index contributed by atoms with van der Waals surface area (Å²) in [4.78, 5) is 19.1. The Balaban J connectivity index is 0.00000132. The lowest BCUT2D eigenvalue weighted by molar-refractivity contribution is 0.0656. The number of piperazine rings is 1. The van der Waals surface area contributed by atoms with Crippen LogP contribution in [0, 0.1) is 6.92 Å². The number of hydrogen-bond donors (Lipinski definition) is 1. The highest BCUT2D eigenvalue weighted by Gasteiger charge is 2.24. The van der Waals surface area contributed by atoms with Crippen molar-refractivity contribution in [2.24, 2.45) is 0 Å². The van der Waals surface area contributed by atoms with E-state index in [0.717, 1.165) is 41.5 Å². The van der Waals surface area contributed by atoms with Gasteiger partial charge >= 0.3 is 0 Å². The molecule has 23 heavy (non-hydrogen) atoms. The molecule has 0 spiro atoms. The van der Waals surface area contributed by atoms with Gasteiger partial charge in [0.15, 0.2) is 0 Å². The molecular formula is C16H21Cl2N3OS. The summed E-state index contributed by atoms with van der Waals surface area (Å²) in [5, 5.41) is 6.38. The molecule has 0 radical (unpaired) electrons. The lowest BCUT2D eigenvalue weighted by atomic mass is 10.1. The van der Waals surface area contributed by atoms with E-state index in [4.69, 9.17) is 0 Å². The van der Waals surface area contributed by atoms with Gasteiger partial charge in [0.2, 0.25) is 0 Å². The largest absolute Gasteiger partial charge is 0.333 e. The number of rotatable bonds is 2. The van der Waals surface area contributed by atoms with Crippen molar-refractivity contribution >= 4 is 42.1 Å². The van der Waals surface area contributed by atoms with Crippen LogP contribution in [0.3, 0.4) is 0 Å². The van der Waals surface area contributed by atoms with Crippen LogP contribution in [0.1, 0.15) is 22.3 Å². The number of carbonyl (C=O) groups excluding carboxylic acids is 1. The molecule has 0 bridgehead atoms. The van der Waals surface area contributed by atoms with E-state index < -0.39 is 0 Å². The van der Waals surface area contributed by atoms with E-state index >= 15 is 0 Å². The predicted octanol–water partition coefficient (Wildman–Crippen LogP) is 3.40. The zero-order chi connectivity index (χ0) is 14.8. The molecule has 1 aliphatic rings. The van der Waals surface area contributed by atoms with E-state index in [0.29, 0.717) is 0 Å². The first-order valence-corrected chi connectivity index (χ1v) is 8.07. The number of carbonyl (C=O) groups is 1. The van der Waals surface area contributed by atoms with Gasteiger partial charge in [0.05, 0.1) is 10.7 Å². The summed E-state index contributed by atoms with van der Waals surface area (Å²) in [5.41, 5.74) is 2.69. The minimum absolute atomic E-state index is 0. The van der Waals surface area contributed by atoms with Crippen LogP contribution in [0.2, 0.25) is 0 Å². The predicted molar refractivity (Wildman–Crippen MR) is 100 cm³/mol. The maximum atomic E-state index is 12.7. The van der Waals surface area contributed by atoms with E-state index in [9.17, 15) is 4.79 Å². The van der Waals surface area contributed by atoms with Crippen LogP contribution >= 0.6 is 36.2 Å². The molecule has 4 nitrogen and oxygen atoms in total. The van der Waals surface area contributed by atoms with Crippen molar-refractivity contribution in [3.05, 3.63) is 40.2 Å². The Labute approximate surface area is 153 Å². The molecule has 3 rings (SSSR count).